The Morgan fingerprint density at radius 1 is 1.30 bits per heavy atom. The molecule has 23 heavy (non-hydrogen) atoms. The predicted octanol–water partition coefficient (Wildman–Crippen LogP) is 2.76. The SMILES string of the molecule is NC(=O)c1cc([N+](=O)[O-])cnc1Oc1cccc2c1CCCC2. The summed E-state index contributed by atoms with van der Waals surface area (Å²) in [6.07, 6.45) is 5.15. The average Bonchev–Trinajstić information content (AvgIpc) is 2.55. The number of carbonyl (C=O) groups excluding carboxylic acids is 1. The lowest BCUT2D eigenvalue weighted by Gasteiger charge is -2.19. The Morgan fingerprint density at radius 3 is 2.83 bits per heavy atom. The molecule has 7 nitrogen and oxygen atoms in total. The molecule has 1 aliphatic rings. The van der Waals surface area contributed by atoms with Crippen LogP contribution in [0.3, 0.4) is 0 Å². The fourth-order valence-electron chi connectivity index (χ4n) is 2.74. The molecule has 0 radical (unpaired) electrons. The zero-order valence-corrected chi connectivity index (χ0v) is 12.3. The Kier molecular flexibility index (Phi) is 3.92. The molecular weight excluding hydrogens is 298 g/mol. The molecule has 3 rings (SSSR count). The zero-order chi connectivity index (χ0) is 16.4. The summed E-state index contributed by atoms with van der Waals surface area (Å²) in [7, 11) is 0. The van der Waals surface area contributed by atoms with Crippen molar-refractivity contribution in [3.05, 3.63) is 57.3 Å². The molecule has 1 aromatic heterocycles. The molecule has 0 spiro atoms. The van der Waals surface area contributed by atoms with Gasteiger partial charge >= 0.3 is 0 Å². The van der Waals surface area contributed by atoms with E-state index in [2.05, 4.69) is 11.1 Å². The van der Waals surface area contributed by atoms with E-state index >= 15 is 0 Å². The van der Waals surface area contributed by atoms with Crippen molar-refractivity contribution >= 4 is 11.6 Å². The molecule has 0 saturated carbocycles. The van der Waals surface area contributed by atoms with Gasteiger partial charge in [0.1, 0.15) is 17.5 Å². The summed E-state index contributed by atoms with van der Waals surface area (Å²) in [5.41, 5.74) is 7.20. The number of nitro groups is 1. The quantitative estimate of drug-likeness (QED) is 0.689. The molecule has 7 heteroatoms. The average molecular weight is 313 g/mol. The van der Waals surface area contributed by atoms with Gasteiger partial charge in [0, 0.05) is 6.07 Å². The van der Waals surface area contributed by atoms with Crippen molar-refractivity contribution in [2.24, 2.45) is 5.73 Å². The third kappa shape index (κ3) is 2.98. The van der Waals surface area contributed by atoms with Gasteiger partial charge in [-0.25, -0.2) is 4.98 Å². The predicted molar refractivity (Wildman–Crippen MR) is 82.6 cm³/mol. The summed E-state index contributed by atoms with van der Waals surface area (Å²) in [6.45, 7) is 0. The van der Waals surface area contributed by atoms with E-state index in [-0.39, 0.29) is 17.1 Å². The number of nitrogens with two attached hydrogens (primary N) is 1. The van der Waals surface area contributed by atoms with Gasteiger partial charge in [-0.1, -0.05) is 12.1 Å². The number of hydrogen-bond acceptors (Lipinski definition) is 5. The maximum absolute atomic E-state index is 11.6. The molecule has 0 aliphatic heterocycles. The van der Waals surface area contributed by atoms with Crippen LogP contribution in [0.25, 0.3) is 0 Å². The van der Waals surface area contributed by atoms with E-state index in [9.17, 15) is 14.9 Å². The van der Waals surface area contributed by atoms with Crippen molar-refractivity contribution in [3.63, 3.8) is 0 Å². The van der Waals surface area contributed by atoms with Gasteiger partial charge in [0.2, 0.25) is 5.88 Å². The third-order valence-corrected chi connectivity index (χ3v) is 3.87. The second-order valence-corrected chi connectivity index (χ2v) is 5.37. The fourth-order valence-corrected chi connectivity index (χ4v) is 2.74. The van der Waals surface area contributed by atoms with Crippen LogP contribution in [0.4, 0.5) is 5.69 Å². The molecule has 2 aromatic rings. The van der Waals surface area contributed by atoms with Gasteiger partial charge in [-0.15, -0.1) is 0 Å². The smallest absolute Gasteiger partial charge is 0.288 e. The van der Waals surface area contributed by atoms with E-state index in [1.807, 2.05) is 6.07 Å². The monoisotopic (exact) mass is 313 g/mol. The largest absolute Gasteiger partial charge is 0.438 e. The minimum atomic E-state index is -0.819. The molecule has 0 unspecified atom stereocenters. The number of aromatic nitrogens is 1. The molecule has 2 N–H and O–H groups in total. The molecule has 1 aliphatic carbocycles. The fraction of sp³-hybridized carbons (Fsp3) is 0.250. The van der Waals surface area contributed by atoms with E-state index in [0.29, 0.717) is 5.75 Å². The van der Waals surface area contributed by atoms with Gasteiger partial charge in [-0.2, -0.15) is 0 Å². The molecule has 0 fully saturated rings. The molecule has 0 atom stereocenters. The summed E-state index contributed by atoms with van der Waals surface area (Å²) in [5.74, 6) is -0.214. The highest BCUT2D eigenvalue weighted by atomic mass is 16.6. The van der Waals surface area contributed by atoms with E-state index < -0.39 is 10.8 Å². The Bertz CT molecular complexity index is 789. The first kappa shape index (κ1) is 15.0. The van der Waals surface area contributed by atoms with Crippen molar-refractivity contribution in [2.45, 2.75) is 25.7 Å². The van der Waals surface area contributed by atoms with Crippen molar-refractivity contribution in [1.82, 2.24) is 4.98 Å². The summed E-state index contributed by atoms with van der Waals surface area (Å²) in [6, 6.07) is 6.83. The molecule has 1 amide bonds. The third-order valence-electron chi connectivity index (χ3n) is 3.87. The van der Waals surface area contributed by atoms with Crippen LogP contribution in [0.1, 0.15) is 34.3 Å². The number of amides is 1. The lowest BCUT2D eigenvalue weighted by molar-refractivity contribution is -0.385. The van der Waals surface area contributed by atoms with Gasteiger partial charge in [-0.3, -0.25) is 14.9 Å². The molecule has 0 bridgehead atoms. The Labute approximate surface area is 132 Å². The normalized spacial score (nSPS) is 13.2. The van der Waals surface area contributed by atoms with Gasteiger partial charge in [0.05, 0.1) is 4.92 Å². The minimum Gasteiger partial charge on any atom is -0.438 e. The number of rotatable bonds is 4. The maximum atomic E-state index is 11.6. The minimum absolute atomic E-state index is 0.0120. The first-order valence-electron chi connectivity index (χ1n) is 7.29. The van der Waals surface area contributed by atoms with Gasteiger partial charge in [-0.05, 0) is 42.9 Å². The van der Waals surface area contributed by atoms with Crippen LogP contribution >= 0.6 is 0 Å². The van der Waals surface area contributed by atoms with E-state index in [4.69, 9.17) is 10.5 Å². The lowest BCUT2D eigenvalue weighted by Crippen LogP contribution is -2.14. The summed E-state index contributed by atoms with van der Waals surface area (Å²) in [5, 5.41) is 10.8. The van der Waals surface area contributed by atoms with Crippen molar-refractivity contribution in [1.29, 1.82) is 0 Å². The zero-order valence-electron chi connectivity index (χ0n) is 12.3. The first-order chi connectivity index (χ1) is 11.1. The van der Waals surface area contributed by atoms with E-state index in [1.54, 1.807) is 6.07 Å². The van der Waals surface area contributed by atoms with Gasteiger partial charge < -0.3 is 10.5 Å². The molecule has 118 valence electrons. The van der Waals surface area contributed by atoms with Crippen LogP contribution in [0, 0.1) is 10.1 Å². The highest BCUT2D eigenvalue weighted by Gasteiger charge is 2.20. The number of primary amides is 1. The Balaban J connectivity index is 2.00. The molecular formula is C16H15N3O4. The maximum Gasteiger partial charge on any atom is 0.288 e. The van der Waals surface area contributed by atoms with E-state index in [1.165, 1.54) is 5.56 Å². The number of carbonyl (C=O) groups is 1. The Hall–Kier alpha value is -2.96. The number of fused-ring (bicyclic) bond motifs is 1. The topological polar surface area (TPSA) is 108 Å². The van der Waals surface area contributed by atoms with Crippen LogP contribution < -0.4 is 10.5 Å². The van der Waals surface area contributed by atoms with E-state index in [0.717, 1.165) is 43.5 Å². The second kappa shape index (κ2) is 6.04. The Morgan fingerprint density at radius 2 is 2.09 bits per heavy atom. The number of benzene rings is 1. The van der Waals surface area contributed by atoms with Crippen LogP contribution in [0.5, 0.6) is 11.6 Å². The number of aryl methyl sites for hydroxylation is 1. The number of ether oxygens (including phenoxy) is 1. The summed E-state index contributed by atoms with van der Waals surface area (Å²) < 4.78 is 5.77. The van der Waals surface area contributed by atoms with Gasteiger partial charge in [0.15, 0.2) is 0 Å². The summed E-state index contributed by atoms with van der Waals surface area (Å²) >= 11 is 0. The van der Waals surface area contributed by atoms with Crippen molar-refractivity contribution in [3.8, 4) is 11.6 Å². The van der Waals surface area contributed by atoms with Crippen molar-refractivity contribution in [2.75, 3.05) is 0 Å². The standard InChI is InChI=1S/C16H15N3O4/c17-15(20)13-8-11(19(21)22)9-18-16(13)23-14-7-3-5-10-4-1-2-6-12(10)14/h3,5,7-9H,1-2,4,6H2,(H2,17,20). The van der Waals surface area contributed by atoms with Crippen LogP contribution in [-0.2, 0) is 12.8 Å². The molecule has 1 heterocycles. The molecule has 1 aromatic carbocycles. The van der Waals surface area contributed by atoms with Crippen molar-refractivity contribution < 1.29 is 14.5 Å². The number of nitrogens with zero attached hydrogens (tertiary/aromatic N) is 2. The molecule has 0 saturated heterocycles. The highest BCUT2D eigenvalue weighted by molar-refractivity contribution is 5.95. The number of hydrogen-bond donors (Lipinski definition) is 1. The van der Waals surface area contributed by atoms with Crippen LogP contribution in [0.2, 0.25) is 0 Å². The highest BCUT2D eigenvalue weighted by Crippen LogP contribution is 2.33. The summed E-state index contributed by atoms with van der Waals surface area (Å²) in [4.78, 5) is 25.6. The first-order valence-corrected chi connectivity index (χ1v) is 7.29. The van der Waals surface area contributed by atoms with Crippen LogP contribution in [0.15, 0.2) is 30.5 Å². The number of pyridine rings is 1. The van der Waals surface area contributed by atoms with Crippen LogP contribution in [-0.4, -0.2) is 15.8 Å². The second-order valence-electron chi connectivity index (χ2n) is 5.37. The lowest BCUT2D eigenvalue weighted by atomic mass is 9.91. The van der Waals surface area contributed by atoms with Gasteiger partial charge in [0.25, 0.3) is 11.6 Å².